The van der Waals surface area contributed by atoms with Gasteiger partial charge in [-0.05, 0) is 6.92 Å². The minimum atomic E-state index is 0.233. The molecule has 0 aliphatic carbocycles. The van der Waals surface area contributed by atoms with Crippen LogP contribution in [0, 0.1) is 11.8 Å². The van der Waals surface area contributed by atoms with Gasteiger partial charge in [0.05, 0.1) is 6.54 Å². The lowest BCUT2D eigenvalue weighted by atomic mass is 10.6. The summed E-state index contributed by atoms with van der Waals surface area (Å²) in [4.78, 5) is 0. The molecule has 0 fully saturated rings. The maximum absolute atomic E-state index is 6.43. The van der Waals surface area contributed by atoms with E-state index in [1.807, 2.05) is 0 Å². The van der Waals surface area contributed by atoms with Crippen LogP contribution in [0.2, 0.25) is 0 Å². The molecular formula is C4H6N. The second kappa shape index (κ2) is 3.52. The molecule has 1 N–H and O–H groups in total. The molecule has 1 heteroatoms. The van der Waals surface area contributed by atoms with Gasteiger partial charge in [0.2, 0.25) is 0 Å². The van der Waals surface area contributed by atoms with Crippen LogP contribution in [-0.4, -0.2) is 6.54 Å². The molecule has 0 amide bonds. The number of hydrogen-bond acceptors (Lipinski definition) is 0. The van der Waals surface area contributed by atoms with Gasteiger partial charge in [0.15, 0.2) is 0 Å². The third-order valence-electron chi connectivity index (χ3n) is 0.265. The van der Waals surface area contributed by atoms with E-state index in [-0.39, 0.29) is 6.54 Å². The molecule has 0 atom stereocenters. The Bertz CT molecular complexity index is 55.8. The molecule has 5 heavy (non-hydrogen) atoms. The third-order valence-corrected chi connectivity index (χ3v) is 0.265. The average molecular weight is 68.1 g/mol. The minimum absolute atomic E-state index is 0.233. The van der Waals surface area contributed by atoms with Gasteiger partial charge in [-0.3, -0.25) is 0 Å². The van der Waals surface area contributed by atoms with Gasteiger partial charge in [0, 0.05) is 0 Å². The van der Waals surface area contributed by atoms with Crippen molar-refractivity contribution in [1.82, 2.24) is 5.73 Å². The molecule has 1 radical (unpaired) electrons. The van der Waals surface area contributed by atoms with E-state index in [0.29, 0.717) is 0 Å². The van der Waals surface area contributed by atoms with Crippen molar-refractivity contribution in [1.29, 1.82) is 0 Å². The van der Waals surface area contributed by atoms with Crippen molar-refractivity contribution in [3.63, 3.8) is 0 Å². The Balaban J connectivity index is 2.81. The highest BCUT2D eigenvalue weighted by molar-refractivity contribution is 4.95. The fourth-order valence-electron chi connectivity index (χ4n) is 0.0884. The van der Waals surface area contributed by atoms with E-state index in [2.05, 4.69) is 11.8 Å². The first-order chi connectivity index (χ1) is 2.41. The summed E-state index contributed by atoms with van der Waals surface area (Å²) in [5.74, 6) is 5.11. The lowest BCUT2D eigenvalue weighted by Gasteiger charge is -1.58. The van der Waals surface area contributed by atoms with E-state index in [4.69, 9.17) is 5.73 Å². The van der Waals surface area contributed by atoms with E-state index in [9.17, 15) is 0 Å². The van der Waals surface area contributed by atoms with Crippen LogP contribution < -0.4 is 5.73 Å². The van der Waals surface area contributed by atoms with Crippen molar-refractivity contribution in [2.24, 2.45) is 0 Å². The molecule has 0 spiro atoms. The summed E-state index contributed by atoms with van der Waals surface area (Å²) in [5, 5.41) is 0. The first-order valence-corrected chi connectivity index (χ1v) is 1.46. The molecule has 0 aromatic heterocycles. The van der Waals surface area contributed by atoms with Gasteiger partial charge in [-0.2, -0.15) is 0 Å². The zero-order chi connectivity index (χ0) is 4.12. The Kier molecular flexibility index (Phi) is 3.18. The first kappa shape index (κ1) is 4.52. The molecule has 0 bridgehead atoms. The number of rotatable bonds is 0. The zero-order valence-electron chi connectivity index (χ0n) is 3.21. The summed E-state index contributed by atoms with van der Waals surface area (Å²) in [5.41, 5.74) is 6.43. The molecule has 0 aromatic carbocycles. The van der Waals surface area contributed by atoms with E-state index in [0.717, 1.165) is 0 Å². The van der Waals surface area contributed by atoms with Crippen LogP contribution in [0.25, 0.3) is 0 Å². The molecule has 0 aliphatic heterocycles. The van der Waals surface area contributed by atoms with Crippen molar-refractivity contribution in [3.05, 3.63) is 0 Å². The van der Waals surface area contributed by atoms with Crippen LogP contribution >= 0.6 is 0 Å². The van der Waals surface area contributed by atoms with Crippen molar-refractivity contribution in [2.45, 2.75) is 6.92 Å². The van der Waals surface area contributed by atoms with Gasteiger partial charge in [-0.15, -0.1) is 5.92 Å². The van der Waals surface area contributed by atoms with Gasteiger partial charge in [0.1, 0.15) is 0 Å². The molecule has 0 heterocycles. The summed E-state index contributed by atoms with van der Waals surface area (Å²) < 4.78 is 0. The normalized spacial score (nSPS) is 5.20. The summed E-state index contributed by atoms with van der Waals surface area (Å²) in [6.45, 7) is 1.96. The maximum atomic E-state index is 6.43. The fraction of sp³-hybridized carbons (Fsp3) is 0.500. The van der Waals surface area contributed by atoms with E-state index < -0.39 is 0 Å². The fourth-order valence-corrected chi connectivity index (χ4v) is 0.0884. The van der Waals surface area contributed by atoms with E-state index in [1.54, 1.807) is 6.92 Å². The Labute approximate surface area is 32.2 Å². The topological polar surface area (TPSA) is 23.8 Å². The molecule has 1 nitrogen and oxygen atoms in total. The van der Waals surface area contributed by atoms with Crippen LogP contribution in [0.3, 0.4) is 0 Å². The SMILES string of the molecule is CC#CC[NH]. The minimum Gasteiger partial charge on any atom is -0.245 e. The molecule has 0 unspecified atom stereocenters. The molecule has 0 aromatic rings. The van der Waals surface area contributed by atoms with Crippen LogP contribution in [0.4, 0.5) is 0 Å². The largest absolute Gasteiger partial charge is 0.245 e. The first-order valence-electron chi connectivity index (χ1n) is 1.46. The summed E-state index contributed by atoms with van der Waals surface area (Å²) in [6, 6.07) is 0. The van der Waals surface area contributed by atoms with E-state index in [1.165, 1.54) is 0 Å². The Morgan fingerprint density at radius 1 is 1.80 bits per heavy atom. The maximum Gasteiger partial charge on any atom is 0.0712 e. The summed E-state index contributed by atoms with van der Waals surface area (Å²) >= 11 is 0. The second-order valence-corrected chi connectivity index (χ2v) is 0.604. The smallest absolute Gasteiger partial charge is 0.0712 e. The second-order valence-electron chi connectivity index (χ2n) is 0.604. The molecule has 0 saturated carbocycles. The molecule has 27 valence electrons. The third kappa shape index (κ3) is 3.52. The van der Waals surface area contributed by atoms with Gasteiger partial charge >= 0.3 is 0 Å². The van der Waals surface area contributed by atoms with Gasteiger partial charge in [-0.25, -0.2) is 5.73 Å². The summed E-state index contributed by atoms with van der Waals surface area (Å²) in [6.07, 6.45) is 0. The summed E-state index contributed by atoms with van der Waals surface area (Å²) in [7, 11) is 0. The highest BCUT2D eigenvalue weighted by Gasteiger charge is 1.48. The average Bonchev–Trinajstić information content (AvgIpc) is 1.41. The number of hydrogen-bond donors (Lipinski definition) is 0. The van der Waals surface area contributed by atoms with Crippen molar-refractivity contribution in [2.75, 3.05) is 6.54 Å². The standard InChI is InChI=1S/C4H6N/c1-2-3-4-5/h5H,4H2,1H3. The zero-order valence-corrected chi connectivity index (χ0v) is 3.21. The van der Waals surface area contributed by atoms with Crippen molar-refractivity contribution >= 4 is 0 Å². The lowest BCUT2D eigenvalue weighted by Crippen LogP contribution is -1.71. The number of nitrogens with one attached hydrogen (secondary N) is 1. The van der Waals surface area contributed by atoms with Crippen LogP contribution in [0.1, 0.15) is 6.92 Å². The van der Waals surface area contributed by atoms with Gasteiger partial charge in [0.25, 0.3) is 0 Å². The van der Waals surface area contributed by atoms with E-state index >= 15 is 0 Å². The lowest BCUT2D eigenvalue weighted by molar-refractivity contribution is 1.24. The van der Waals surface area contributed by atoms with Crippen molar-refractivity contribution < 1.29 is 0 Å². The monoisotopic (exact) mass is 68.1 g/mol. The van der Waals surface area contributed by atoms with Gasteiger partial charge < -0.3 is 0 Å². The quantitative estimate of drug-likeness (QED) is 0.364. The Morgan fingerprint density at radius 2 is 2.40 bits per heavy atom. The van der Waals surface area contributed by atoms with Crippen molar-refractivity contribution in [3.8, 4) is 11.8 Å². The highest BCUT2D eigenvalue weighted by Crippen LogP contribution is 1.43. The predicted octanol–water partition coefficient (Wildman–Crippen LogP) is 0.293. The predicted molar refractivity (Wildman–Crippen MR) is 21.4 cm³/mol. The molecule has 0 saturated heterocycles. The molecule has 0 aliphatic rings. The van der Waals surface area contributed by atoms with Crippen LogP contribution in [0.5, 0.6) is 0 Å². The van der Waals surface area contributed by atoms with Gasteiger partial charge in [-0.1, -0.05) is 5.92 Å². The van der Waals surface area contributed by atoms with Crippen LogP contribution in [0.15, 0.2) is 0 Å². The Morgan fingerprint density at radius 3 is 2.40 bits per heavy atom. The Hall–Kier alpha value is -0.480. The highest BCUT2D eigenvalue weighted by atomic mass is 14.5. The molecular weight excluding hydrogens is 62.1 g/mol. The molecule has 0 rings (SSSR count). The van der Waals surface area contributed by atoms with Crippen LogP contribution in [-0.2, 0) is 0 Å².